The molecular formula is C38H32IrN2-2. The van der Waals surface area contributed by atoms with Crippen LogP contribution in [0.25, 0.3) is 33.6 Å². The average molecular weight is 709 g/mol. The predicted octanol–water partition coefficient (Wildman–Crippen LogP) is 9.48. The zero-order valence-corrected chi connectivity index (χ0v) is 25.7. The summed E-state index contributed by atoms with van der Waals surface area (Å²) in [6.45, 7) is 4.39. The Labute approximate surface area is 257 Å². The summed E-state index contributed by atoms with van der Waals surface area (Å²) in [5, 5.41) is 0. The van der Waals surface area contributed by atoms with E-state index in [1.165, 1.54) is 27.8 Å². The van der Waals surface area contributed by atoms with Crippen LogP contribution in [0.1, 0.15) is 36.5 Å². The Bertz CT molecular complexity index is 1560. The number of hydrogen-bond acceptors (Lipinski definition) is 2. The van der Waals surface area contributed by atoms with Gasteiger partial charge in [0.1, 0.15) is 0 Å². The van der Waals surface area contributed by atoms with Gasteiger partial charge in [-0.05, 0) is 46.6 Å². The summed E-state index contributed by atoms with van der Waals surface area (Å²) < 4.78 is 0. The Kier molecular flexibility index (Phi) is 10.9. The molecule has 0 amide bonds. The Morgan fingerprint density at radius 3 is 2.00 bits per heavy atom. The van der Waals surface area contributed by atoms with Gasteiger partial charge in [0.05, 0.1) is 0 Å². The van der Waals surface area contributed by atoms with Crippen LogP contribution < -0.4 is 0 Å². The third-order valence-electron chi connectivity index (χ3n) is 6.70. The first-order valence-corrected chi connectivity index (χ1v) is 13.6. The summed E-state index contributed by atoms with van der Waals surface area (Å²) >= 11 is 0. The smallest absolute Gasteiger partial charge is 0.0163 e. The quantitative estimate of drug-likeness (QED) is 0.161. The fourth-order valence-corrected chi connectivity index (χ4v) is 4.47. The Morgan fingerprint density at radius 1 is 0.585 bits per heavy atom. The van der Waals surface area contributed by atoms with Crippen molar-refractivity contribution >= 4 is 0 Å². The average Bonchev–Trinajstić information content (AvgIpc) is 3.03. The van der Waals surface area contributed by atoms with E-state index in [1.54, 1.807) is 6.20 Å². The molecule has 0 N–H and O–H groups in total. The van der Waals surface area contributed by atoms with Crippen molar-refractivity contribution in [1.29, 1.82) is 0 Å². The molecule has 205 valence electrons. The van der Waals surface area contributed by atoms with Crippen LogP contribution in [0.5, 0.6) is 0 Å². The second-order valence-corrected chi connectivity index (χ2v) is 9.97. The van der Waals surface area contributed by atoms with E-state index in [0.29, 0.717) is 5.92 Å². The van der Waals surface area contributed by atoms with Gasteiger partial charge in [-0.3, -0.25) is 0 Å². The SMILES string of the molecule is CC(C)c1c[c-]c(-c2cc(Cc3ccccc3)ccn2)cc1.[Ir].[c-]1ccc(-c2ccccc2)cc1-c1ccccn1. The maximum absolute atomic E-state index is 4.49. The molecule has 0 aliphatic heterocycles. The molecule has 0 unspecified atom stereocenters. The van der Waals surface area contributed by atoms with E-state index in [1.807, 2.05) is 54.7 Å². The first-order valence-electron chi connectivity index (χ1n) is 13.6. The Hall–Kier alpha value is -4.17. The van der Waals surface area contributed by atoms with Gasteiger partial charge in [-0.15, -0.1) is 70.8 Å². The van der Waals surface area contributed by atoms with Crippen molar-refractivity contribution < 1.29 is 20.1 Å². The Morgan fingerprint density at radius 2 is 1.32 bits per heavy atom. The zero-order valence-electron chi connectivity index (χ0n) is 23.3. The summed E-state index contributed by atoms with van der Waals surface area (Å²) in [5.74, 6) is 0.530. The minimum atomic E-state index is 0. The van der Waals surface area contributed by atoms with Crippen LogP contribution in [-0.2, 0) is 26.5 Å². The van der Waals surface area contributed by atoms with Crippen LogP contribution in [0, 0.1) is 12.1 Å². The fraction of sp³-hybridized carbons (Fsp3) is 0.105. The second kappa shape index (κ2) is 15.0. The number of hydrogen-bond donors (Lipinski definition) is 0. The molecule has 1 radical (unpaired) electrons. The van der Waals surface area contributed by atoms with Crippen LogP contribution in [0.4, 0.5) is 0 Å². The standard InChI is InChI=1S/C21H20N.C17H12N.Ir/c1-16(2)19-8-10-20(11-9-19)21-15-18(12-13-22-21)14-17-6-4-3-5-7-17;1-2-7-14(8-3-1)15-9-6-10-16(13-15)17-11-4-5-12-18-17;/h3-10,12-13,15-16H,14H2,1-2H3;1-9,11-13H;/q2*-1;. The van der Waals surface area contributed by atoms with Gasteiger partial charge in [0.15, 0.2) is 0 Å². The summed E-state index contributed by atoms with van der Waals surface area (Å²) in [7, 11) is 0. The van der Waals surface area contributed by atoms with E-state index in [2.05, 4.69) is 115 Å². The van der Waals surface area contributed by atoms with Gasteiger partial charge in [-0.2, -0.15) is 0 Å². The summed E-state index contributed by atoms with van der Waals surface area (Å²) in [4.78, 5) is 8.85. The maximum atomic E-state index is 4.49. The molecule has 0 spiro atoms. The van der Waals surface area contributed by atoms with Gasteiger partial charge < -0.3 is 9.97 Å². The van der Waals surface area contributed by atoms with Gasteiger partial charge >= 0.3 is 0 Å². The zero-order chi connectivity index (χ0) is 27.6. The molecule has 2 aromatic heterocycles. The van der Waals surface area contributed by atoms with Gasteiger partial charge in [0.25, 0.3) is 0 Å². The molecule has 0 atom stereocenters. The number of benzene rings is 4. The van der Waals surface area contributed by atoms with Crippen molar-refractivity contribution in [3.8, 4) is 33.6 Å². The van der Waals surface area contributed by atoms with Crippen molar-refractivity contribution in [1.82, 2.24) is 9.97 Å². The van der Waals surface area contributed by atoms with E-state index < -0.39 is 0 Å². The molecule has 4 aromatic carbocycles. The van der Waals surface area contributed by atoms with E-state index in [0.717, 1.165) is 28.9 Å². The van der Waals surface area contributed by atoms with Gasteiger partial charge in [-0.1, -0.05) is 98.6 Å². The molecule has 0 bridgehead atoms. The molecule has 6 aromatic rings. The first kappa shape index (κ1) is 29.8. The topological polar surface area (TPSA) is 25.8 Å². The molecule has 41 heavy (non-hydrogen) atoms. The monoisotopic (exact) mass is 709 g/mol. The van der Waals surface area contributed by atoms with Gasteiger partial charge in [-0.25, -0.2) is 0 Å². The molecule has 3 heteroatoms. The van der Waals surface area contributed by atoms with Gasteiger partial charge in [0, 0.05) is 32.5 Å². The van der Waals surface area contributed by atoms with E-state index in [4.69, 9.17) is 0 Å². The number of nitrogens with zero attached hydrogens (tertiary/aromatic N) is 2. The van der Waals surface area contributed by atoms with Crippen molar-refractivity contribution in [3.05, 3.63) is 169 Å². The molecule has 0 saturated carbocycles. The van der Waals surface area contributed by atoms with Gasteiger partial charge in [0.2, 0.25) is 0 Å². The van der Waals surface area contributed by atoms with Crippen LogP contribution in [0.15, 0.2) is 140 Å². The Balaban J connectivity index is 0.000000188. The van der Waals surface area contributed by atoms with Crippen molar-refractivity contribution in [2.75, 3.05) is 0 Å². The minimum Gasteiger partial charge on any atom is -0.305 e. The first-order chi connectivity index (χ1) is 19.7. The number of aromatic nitrogens is 2. The second-order valence-electron chi connectivity index (χ2n) is 9.97. The molecule has 0 fully saturated rings. The summed E-state index contributed by atoms with van der Waals surface area (Å²) in [6, 6.07) is 50.1. The predicted molar refractivity (Wildman–Crippen MR) is 166 cm³/mol. The number of pyridine rings is 2. The minimum absolute atomic E-state index is 0. The van der Waals surface area contributed by atoms with E-state index >= 15 is 0 Å². The molecule has 0 aliphatic carbocycles. The maximum Gasteiger partial charge on any atom is 0.0163 e. The summed E-state index contributed by atoms with van der Waals surface area (Å²) in [5.41, 5.74) is 10.3. The van der Waals surface area contributed by atoms with Crippen molar-refractivity contribution in [2.24, 2.45) is 0 Å². The largest absolute Gasteiger partial charge is 0.305 e. The fourth-order valence-electron chi connectivity index (χ4n) is 4.47. The molecule has 0 aliphatic rings. The molecule has 2 nitrogen and oxygen atoms in total. The summed E-state index contributed by atoms with van der Waals surface area (Å²) in [6.07, 6.45) is 4.62. The molecular weight excluding hydrogens is 677 g/mol. The van der Waals surface area contributed by atoms with E-state index in [-0.39, 0.29) is 20.1 Å². The van der Waals surface area contributed by atoms with E-state index in [9.17, 15) is 0 Å². The van der Waals surface area contributed by atoms with Crippen molar-refractivity contribution in [2.45, 2.75) is 26.2 Å². The van der Waals surface area contributed by atoms with Crippen LogP contribution in [0.2, 0.25) is 0 Å². The third-order valence-corrected chi connectivity index (χ3v) is 6.70. The molecule has 6 rings (SSSR count). The van der Waals surface area contributed by atoms with Crippen LogP contribution in [-0.4, -0.2) is 9.97 Å². The van der Waals surface area contributed by atoms with Crippen LogP contribution in [0.3, 0.4) is 0 Å². The third kappa shape index (κ3) is 8.41. The van der Waals surface area contributed by atoms with Crippen LogP contribution >= 0.6 is 0 Å². The van der Waals surface area contributed by atoms with Crippen molar-refractivity contribution in [3.63, 3.8) is 0 Å². The molecule has 2 heterocycles. The normalized spacial score (nSPS) is 10.3. The molecule has 0 saturated heterocycles. The number of rotatable bonds is 6.